The zero-order valence-electron chi connectivity index (χ0n) is 12.5. The molecular weight excluding hydrogens is 285 g/mol. The Hall–Kier alpha value is -1.23. The molecule has 1 aromatic heterocycles. The van der Waals surface area contributed by atoms with Crippen molar-refractivity contribution in [1.29, 1.82) is 0 Å². The minimum absolute atomic E-state index is 0.271. The van der Waals surface area contributed by atoms with Gasteiger partial charge in [-0.1, -0.05) is 18.2 Å². The second-order valence-corrected chi connectivity index (χ2v) is 6.50. The van der Waals surface area contributed by atoms with Gasteiger partial charge in [-0.25, -0.2) is 4.39 Å². The van der Waals surface area contributed by atoms with Crippen LogP contribution >= 0.6 is 11.3 Å². The van der Waals surface area contributed by atoms with Gasteiger partial charge in [-0.15, -0.1) is 11.3 Å². The first-order valence-corrected chi connectivity index (χ1v) is 8.10. The summed E-state index contributed by atoms with van der Waals surface area (Å²) in [6.45, 7) is 3.01. The molecule has 0 aliphatic heterocycles. The Morgan fingerprint density at radius 1 is 1.24 bits per heavy atom. The number of thiophene rings is 1. The zero-order chi connectivity index (χ0) is 15.2. The minimum Gasteiger partial charge on any atom is -0.388 e. The van der Waals surface area contributed by atoms with Gasteiger partial charge in [0.15, 0.2) is 0 Å². The molecule has 4 heteroatoms. The molecule has 21 heavy (non-hydrogen) atoms. The van der Waals surface area contributed by atoms with E-state index in [1.165, 1.54) is 17.0 Å². The van der Waals surface area contributed by atoms with Crippen LogP contribution in [0.5, 0.6) is 0 Å². The van der Waals surface area contributed by atoms with Gasteiger partial charge in [-0.2, -0.15) is 0 Å². The van der Waals surface area contributed by atoms with Crippen LogP contribution < -0.4 is 0 Å². The molecule has 1 aromatic carbocycles. The molecule has 1 N–H and O–H groups in total. The second-order valence-electron chi connectivity index (χ2n) is 5.47. The molecule has 0 amide bonds. The summed E-state index contributed by atoms with van der Waals surface area (Å²) in [5.74, 6) is -0.271. The standard InChI is InChI=1S/C17H22FNOS/c1-13(12-16-4-3-11-21-16)19(2)10-9-17(20)14-5-7-15(18)8-6-14/h3-8,11,13,17,20H,9-10,12H2,1-2H3. The quantitative estimate of drug-likeness (QED) is 0.839. The zero-order valence-corrected chi connectivity index (χ0v) is 13.3. The van der Waals surface area contributed by atoms with Gasteiger partial charge in [0, 0.05) is 17.5 Å². The minimum atomic E-state index is -0.540. The van der Waals surface area contributed by atoms with Crippen molar-refractivity contribution < 1.29 is 9.50 Å². The van der Waals surface area contributed by atoms with E-state index in [1.807, 2.05) is 0 Å². The second kappa shape index (κ2) is 7.69. The summed E-state index contributed by atoms with van der Waals surface area (Å²) in [4.78, 5) is 3.64. The summed E-state index contributed by atoms with van der Waals surface area (Å²) in [5.41, 5.74) is 0.774. The third kappa shape index (κ3) is 4.92. The van der Waals surface area contributed by atoms with Crippen molar-refractivity contribution in [2.24, 2.45) is 0 Å². The lowest BCUT2D eigenvalue weighted by atomic mass is 10.1. The van der Waals surface area contributed by atoms with E-state index in [4.69, 9.17) is 0 Å². The lowest BCUT2D eigenvalue weighted by Gasteiger charge is -2.25. The summed E-state index contributed by atoms with van der Waals surface area (Å²) >= 11 is 1.78. The summed E-state index contributed by atoms with van der Waals surface area (Å²) in [6, 6.07) is 10.7. The third-order valence-corrected chi connectivity index (χ3v) is 4.74. The molecule has 2 unspecified atom stereocenters. The number of aliphatic hydroxyl groups excluding tert-OH is 1. The Labute approximate surface area is 129 Å². The monoisotopic (exact) mass is 307 g/mol. The highest BCUT2D eigenvalue weighted by Crippen LogP contribution is 2.19. The van der Waals surface area contributed by atoms with Crippen molar-refractivity contribution >= 4 is 11.3 Å². The number of rotatable bonds is 7. The molecule has 114 valence electrons. The molecule has 0 saturated carbocycles. The molecule has 2 nitrogen and oxygen atoms in total. The smallest absolute Gasteiger partial charge is 0.123 e. The molecule has 0 spiro atoms. The van der Waals surface area contributed by atoms with Crippen molar-refractivity contribution in [3.63, 3.8) is 0 Å². The van der Waals surface area contributed by atoms with Crippen LogP contribution in [0.3, 0.4) is 0 Å². The van der Waals surface area contributed by atoms with E-state index < -0.39 is 6.10 Å². The largest absolute Gasteiger partial charge is 0.388 e. The van der Waals surface area contributed by atoms with Gasteiger partial charge in [-0.3, -0.25) is 0 Å². The average molecular weight is 307 g/mol. The lowest BCUT2D eigenvalue weighted by Crippen LogP contribution is -2.32. The predicted molar refractivity (Wildman–Crippen MR) is 86.1 cm³/mol. The molecule has 0 bridgehead atoms. The fraction of sp³-hybridized carbons (Fsp3) is 0.412. The lowest BCUT2D eigenvalue weighted by molar-refractivity contribution is 0.139. The van der Waals surface area contributed by atoms with Crippen molar-refractivity contribution in [2.75, 3.05) is 13.6 Å². The maximum atomic E-state index is 12.9. The molecule has 2 atom stereocenters. The Kier molecular flexibility index (Phi) is 5.91. The first-order valence-electron chi connectivity index (χ1n) is 7.22. The Bertz CT molecular complexity index is 526. The molecule has 1 heterocycles. The van der Waals surface area contributed by atoms with E-state index in [0.29, 0.717) is 12.5 Å². The Morgan fingerprint density at radius 3 is 2.57 bits per heavy atom. The third-order valence-electron chi connectivity index (χ3n) is 3.84. The van der Waals surface area contributed by atoms with E-state index in [2.05, 4.69) is 36.4 Å². The number of hydrogen-bond donors (Lipinski definition) is 1. The number of aliphatic hydroxyl groups is 1. The fourth-order valence-corrected chi connectivity index (χ4v) is 3.10. The maximum absolute atomic E-state index is 12.9. The van der Waals surface area contributed by atoms with Crippen LogP contribution in [-0.2, 0) is 6.42 Å². The number of nitrogens with zero attached hydrogens (tertiary/aromatic N) is 1. The summed E-state index contributed by atoms with van der Waals surface area (Å²) in [5, 5.41) is 12.2. The molecule has 0 aliphatic rings. The fourth-order valence-electron chi connectivity index (χ4n) is 2.27. The van der Waals surface area contributed by atoms with Gasteiger partial charge >= 0.3 is 0 Å². The van der Waals surface area contributed by atoms with Gasteiger partial charge in [-0.05, 0) is 56.0 Å². The molecule has 0 radical (unpaired) electrons. The summed E-state index contributed by atoms with van der Waals surface area (Å²) in [7, 11) is 2.08. The molecule has 2 aromatic rings. The number of likely N-dealkylation sites (N-methyl/N-ethyl adjacent to an activating group) is 1. The van der Waals surface area contributed by atoms with E-state index in [1.54, 1.807) is 23.5 Å². The topological polar surface area (TPSA) is 23.5 Å². The van der Waals surface area contributed by atoms with Crippen LogP contribution in [0.1, 0.15) is 29.9 Å². The van der Waals surface area contributed by atoms with Crippen molar-refractivity contribution in [1.82, 2.24) is 4.90 Å². The molecule has 0 saturated heterocycles. The van der Waals surface area contributed by atoms with Gasteiger partial charge in [0.05, 0.1) is 6.10 Å². The number of benzene rings is 1. The number of hydrogen-bond acceptors (Lipinski definition) is 3. The maximum Gasteiger partial charge on any atom is 0.123 e. The first-order chi connectivity index (χ1) is 10.1. The van der Waals surface area contributed by atoms with Gasteiger partial charge in [0.2, 0.25) is 0 Å². The summed E-state index contributed by atoms with van der Waals surface area (Å²) < 4.78 is 12.9. The van der Waals surface area contributed by atoms with E-state index >= 15 is 0 Å². The normalized spacial score (nSPS) is 14.3. The van der Waals surface area contributed by atoms with Crippen LogP contribution in [0.4, 0.5) is 4.39 Å². The van der Waals surface area contributed by atoms with E-state index in [0.717, 1.165) is 18.5 Å². The highest BCUT2D eigenvalue weighted by molar-refractivity contribution is 7.09. The SMILES string of the molecule is CC(Cc1cccs1)N(C)CCC(O)c1ccc(F)cc1. The average Bonchev–Trinajstić information content (AvgIpc) is 2.98. The van der Waals surface area contributed by atoms with Crippen LogP contribution in [0.25, 0.3) is 0 Å². The van der Waals surface area contributed by atoms with Gasteiger partial charge in [0.25, 0.3) is 0 Å². The van der Waals surface area contributed by atoms with Crippen LogP contribution in [-0.4, -0.2) is 29.6 Å². The summed E-state index contributed by atoms with van der Waals surface area (Å²) in [6.07, 6.45) is 1.14. The van der Waals surface area contributed by atoms with Gasteiger partial charge in [0.1, 0.15) is 5.82 Å². The van der Waals surface area contributed by atoms with Crippen molar-refractivity contribution in [3.8, 4) is 0 Å². The van der Waals surface area contributed by atoms with Crippen molar-refractivity contribution in [2.45, 2.75) is 31.9 Å². The molecular formula is C17H22FNOS. The molecule has 0 aliphatic carbocycles. The van der Waals surface area contributed by atoms with E-state index in [-0.39, 0.29) is 5.82 Å². The van der Waals surface area contributed by atoms with Crippen LogP contribution in [0.2, 0.25) is 0 Å². The molecule has 0 fully saturated rings. The predicted octanol–water partition coefficient (Wildman–Crippen LogP) is 3.87. The van der Waals surface area contributed by atoms with Gasteiger partial charge < -0.3 is 10.0 Å². The Balaban J connectivity index is 1.79. The number of halogens is 1. The first kappa shape index (κ1) is 16.1. The van der Waals surface area contributed by atoms with Crippen LogP contribution in [0, 0.1) is 5.82 Å². The van der Waals surface area contributed by atoms with Crippen molar-refractivity contribution in [3.05, 3.63) is 58.0 Å². The molecule has 2 rings (SSSR count). The highest BCUT2D eigenvalue weighted by atomic mass is 32.1. The Morgan fingerprint density at radius 2 is 1.95 bits per heavy atom. The highest BCUT2D eigenvalue weighted by Gasteiger charge is 2.13. The van der Waals surface area contributed by atoms with Crippen LogP contribution in [0.15, 0.2) is 41.8 Å². The van der Waals surface area contributed by atoms with E-state index in [9.17, 15) is 9.50 Å².